The molecule has 1 aromatic heterocycles. The molecule has 0 bridgehead atoms. The van der Waals surface area contributed by atoms with Crippen LogP contribution in [0.3, 0.4) is 0 Å². The number of aromatic nitrogens is 3. The Bertz CT molecular complexity index is 1040. The van der Waals surface area contributed by atoms with E-state index in [1.54, 1.807) is 18.2 Å². The molecular formula is C21H24Cl2N6O3. The number of urea groups is 1. The maximum Gasteiger partial charge on any atom is 0.325 e. The fourth-order valence-electron chi connectivity index (χ4n) is 4.25. The summed E-state index contributed by atoms with van der Waals surface area (Å²) in [6, 6.07) is 4.75. The normalized spacial score (nSPS) is 17.3. The van der Waals surface area contributed by atoms with Gasteiger partial charge in [-0.3, -0.25) is 14.5 Å². The summed E-state index contributed by atoms with van der Waals surface area (Å²) in [5, 5.41) is 10.7. The van der Waals surface area contributed by atoms with Gasteiger partial charge >= 0.3 is 6.03 Å². The van der Waals surface area contributed by atoms with Crippen LogP contribution in [0.2, 0.25) is 10.0 Å². The van der Waals surface area contributed by atoms with Crippen molar-refractivity contribution in [1.29, 1.82) is 0 Å². The van der Waals surface area contributed by atoms with Gasteiger partial charge in [0.15, 0.2) is 0 Å². The molecule has 32 heavy (non-hydrogen) atoms. The highest BCUT2D eigenvalue weighted by atomic mass is 35.5. The summed E-state index contributed by atoms with van der Waals surface area (Å²) in [7, 11) is 0. The molecule has 1 saturated heterocycles. The van der Waals surface area contributed by atoms with Gasteiger partial charge in [0, 0.05) is 19.5 Å². The van der Waals surface area contributed by atoms with Gasteiger partial charge in [0.25, 0.3) is 11.8 Å². The average Bonchev–Trinajstić information content (AvgIpc) is 3.46. The van der Waals surface area contributed by atoms with E-state index in [2.05, 4.69) is 20.7 Å². The molecular weight excluding hydrogens is 455 g/mol. The second kappa shape index (κ2) is 9.07. The van der Waals surface area contributed by atoms with Gasteiger partial charge in [-0.2, -0.15) is 0 Å². The molecule has 1 aromatic carbocycles. The molecule has 2 aliphatic rings. The van der Waals surface area contributed by atoms with E-state index >= 15 is 0 Å². The Hall–Kier alpha value is -2.65. The predicted octanol–water partition coefficient (Wildman–Crippen LogP) is 3.12. The van der Waals surface area contributed by atoms with Gasteiger partial charge in [0.05, 0.1) is 10.0 Å². The van der Waals surface area contributed by atoms with Crippen LogP contribution in [0, 0.1) is 0 Å². The SMILES string of the molecule is CCc1nc(C(=O)NCCCN2C(=O)NC3(CCCC3)C2=O)nn1-c1c(Cl)cccc1Cl. The van der Waals surface area contributed by atoms with E-state index in [1.165, 1.54) is 9.58 Å². The number of imide groups is 1. The number of carbonyl (C=O) groups excluding carboxylic acids is 3. The van der Waals surface area contributed by atoms with Crippen molar-refractivity contribution in [2.24, 2.45) is 0 Å². The maximum absolute atomic E-state index is 12.7. The van der Waals surface area contributed by atoms with Crippen molar-refractivity contribution in [2.45, 2.75) is 51.0 Å². The highest BCUT2D eigenvalue weighted by Gasteiger charge is 2.51. The third-order valence-electron chi connectivity index (χ3n) is 5.89. The third-order valence-corrected chi connectivity index (χ3v) is 6.50. The summed E-state index contributed by atoms with van der Waals surface area (Å²) in [5.41, 5.74) is -0.244. The van der Waals surface area contributed by atoms with E-state index in [-0.39, 0.29) is 30.9 Å². The fraction of sp³-hybridized carbons (Fsp3) is 0.476. The first-order chi connectivity index (χ1) is 15.4. The first-order valence-electron chi connectivity index (χ1n) is 10.7. The molecule has 2 N–H and O–H groups in total. The number of nitrogens with one attached hydrogen (secondary N) is 2. The first-order valence-corrected chi connectivity index (χ1v) is 11.4. The molecule has 0 unspecified atom stereocenters. The lowest BCUT2D eigenvalue weighted by Gasteiger charge is -2.19. The van der Waals surface area contributed by atoms with Crippen LogP contribution in [-0.4, -0.2) is 56.1 Å². The number of hydrogen-bond donors (Lipinski definition) is 2. The number of aryl methyl sites for hydroxylation is 1. The minimum absolute atomic E-state index is 0.00210. The topological polar surface area (TPSA) is 109 Å². The van der Waals surface area contributed by atoms with Crippen LogP contribution >= 0.6 is 23.2 Å². The average molecular weight is 479 g/mol. The molecule has 0 radical (unpaired) electrons. The molecule has 2 heterocycles. The van der Waals surface area contributed by atoms with Crippen molar-refractivity contribution in [1.82, 2.24) is 30.3 Å². The monoisotopic (exact) mass is 478 g/mol. The summed E-state index contributed by atoms with van der Waals surface area (Å²) in [4.78, 5) is 43.0. The van der Waals surface area contributed by atoms with Crippen LogP contribution < -0.4 is 10.6 Å². The van der Waals surface area contributed by atoms with E-state index < -0.39 is 11.4 Å². The Balaban J connectivity index is 1.36. The van der Waals surface area contributed by atoms with Crippen molar-refractivity contribution in [2.75, 3.05) is 13.1 Å². The van der Waals surface area contributed by atoms with E-state index in [0.717, 1.165) is 12.8 Å². The minimum Gasteiger partial charge on any atom is -0.349 e. The Morgan fingerprint density at radius 1 is 1.22 bits per heavy atom. The van der Waals surface area contributed by atoms with E-state index in [0.29, 0.717) is 47.2 Å². The number of nitrogens with zero attached hydrogens (tertiary/aromatic N) is 4. The lowest BCUT2D eigenvalue weighted by Crippen LogP contribution is -2.44. The molecule has 4 rings (SSSR count). The molecule has 2 fully saturated rings. The molecule has 1 spiro atoms. The summed E-state index contributed by atoms with van der Waals surface area (Å²) in [6.45, 7) is 2.40. The van der Waals surface area contributed by atoms with Crippen molar-refractivity contribution in [3.8, 4) is 5.69 Å². The maximum atomic E-state index is 12.7. The third kappa shape index (κ3) is 4.06. The number of rotatable bonds is 7. The van der Waals surface area contributed by atoms with Crippen molar-refractivity contribution >= 4 is 41.0 Å². The van der Waals surface area contributed by atoms with E-state index in [9.17, 15) is 14.4 Å². The largest absolute Gasteiger partial charge is 0.349 e. The van der Waals surface area contributed by atoms with Gasteiger partial charge < -0.3 is 10.6 Å². The van der Waals surface area contributed by atoms with Crippen LogP contribution in [0.4, 0.5) is 4.79 Å². The van der Waals surface area contributed by atoms with Gasteiger partial charge in [0.2, 0.25) is 5.82 Å². The summed E-state index contributed by atoms with van der Waals surface area (Å²) >= 11 is 12.6. The number of para-hydroxylation sites is 1. The van der Waals surface area contributed by atoms with Crippen molar-refractivity contribution in [3.63, 3.8) is 0 Å². The van der Waals surface area contributed by atoms with Gasteiger partial charge in [-0.15, -0.1) is 5.10 Å². The number of hydrogen-bond acceptors (Lipinski definition) is 5. The van der Waals surface area contributed by atoms with Gasteiger partial charge in [-0.05, 0) is 31.4 Å². The van der Waals surface area contributed by atoms with Crippen LogP contribution in [0.5, 0.6) is 0 Å². The zero-order valence-corrected chi connectivity index (χ0v) is 19.2. The van der Waals surface area contributed by atoms with Crippen molar-refractivity contribution < 1.29 is 14.4 Å². The quantitative estimate of drug-likeness (QED) is 0.469. The molecule has 4 amide bonds. The molecule has 2 aromatic rings. The van der Waals surface area contributed by atoms with Gasteiger partial charge in [-0.25, -0.2) is 14.5 Å². The number of halogens is 2. The molecule has 0 atom stereocenters. The standard InChI is InChI=1S/C21H24Cl2N6O3/c1-2-15-25-17(27-29(15)16-13(22)7-5-8-14(16)23)18(30)24-11-6-12-28-19(31)21(26-20(28)32)9-3-4-10-21/h5,7-8H,2-4,6,9-12H2,1H3,(H,24,30)(H,26,32). The Kier molecular flexibility index (Phi) is 6.39. The molecule has 1 saturated carbocycles. The summed E-state index contributed by atoms with van der Waals surface area (Å²) < 4.78 is 1.48. The van der Waals surface area contributed by atoms with E-state index in [4.69, 9.17) is 23.2 Å². The zero-order valence-electron chi connectivity index (χ0n) is 17.7. The fourth-order valence-corrected chi connectivity index (χ4v) is 4.81. The van der Waals surface area contributed by atoms with Crippen LogP contribution in [0.25, 0.3) is 5.69 Å². The van der Waals surface area contributed by atoms with Crippen LogP contribution in [-0.2, 0) is 11.2 Å². The predicted molar refractivity (Wildman–Crippen MR) is 119 cm³/mol. The minimum atomic E-state index is -0.715. The van der Waals surface area contributed by atoms with Crippen molar-refractivity contribution in [3.05, 3.63) is 39.9 Å². The Labute approximate surface area is 195 Å². The van der Waals surface area contributed by atoms with Gasteiger partial charge in [0.1, 0.15) is 17.1 Å². The highest BCUT2D eigenvalue weighted by Crippen LogP contribution is 2.35. The second-order valence-corrected chi connectivity index (χ2v) is 8.79. The molecule has 170 valence electrons. The molecule has 11 heteroatoms. The lowest BCUT2D eigenvalue weighted by atomic mass is 9.98. The molecule has 1 aliphatic carbocycles. The Morgan fingerprint density at radius 3 is 2.56 bits per heavy atom. The zero-order chi connectivity index (χ0) is 22.9. The second-order valence-electron chi connectivity index (χ2n) is 7.97. The smallest absolute Gasteiger partial charge is 0.325 e. The first kappa shape index (κ1) is 22.5. The van der Waals surface area contributed by atoms with Crippen LogP contribution in [0.15, 0.2) is 18.2 Å². The van der Waals surface area contributed by atoms with E-state index in [1.807, 2.05) is 6.92 Å². The lowest BCUT2D eigenvalue weighted by molar-refractivity contribution is -0.131. The van der Waals surface area contributed by atoms with Crippen LogP contribution in [0.1, 0.15) is 55.5 Å². The summed E-state index contributed by atoms with van der Waals surface area (Å²) in [6.07, 6.45) is 4.21. The number of benzene rings is 1. The Morgan fingerprint density at radius 2 is 1.91 bits per heavy atom. The van der Waals surface area contributed by atoms with Gasteiger partial charge in [-0.1, -0.05) is 49.0 Å². The molecule has 1 aliphatic heterocycles. The molecule has 9 nitrogen and oxygen atoms in total. The highest BCUT2D eigenvalue weighted by molar-refractivity contribution is 6.37. The number of amides is 4. The number of carbonyl (C=O) groups is 3. The summed E-state index contributed by atoms with van der Waals surface area (Å²) in [5.74, 6) is -0.0638.